The van der Waals surface area contributed by atoms with Crippen LogP contribution in [0.1, 0.15) is 42.5 Å². The second kappa shape index (κ2) is 11.7. The number of hydrogen-bond donors (Lipinski definition) is 3. The van der Waals surface area contributed by atoms with Crippen molar-refractivity contribution in [3.05, 3.63) is 84.4 Å². The van der Waals surface area contributed by atoms with E-state index in [2.05, 4.69) is 15.4 Å². The Kier molecular flexibility index (Phi) is 8.22. The van der Waals surface area contributed by atoms with Crippen molar-refractivity contribution in [1.82, 2.24) is 10.6 Å². The van der Waals surface area contributed by atoms with Crippen molar-refractivity contribution in [2.75, 3.05) is 11.3 Å². The molecule has 3 aromatic carbocycles. The van der Waals surface area contributed by atoms with Gasteiger partial charge in [0.1, 0.15) is 5.75 Å². The van der Waals surface area contributed by atoms with E-state index in [-0.39, 0.29) is 34.6 Å². The molecule has 3 aromatic rings. The van der Waals surface area contributed by atoms with Gasteiger partial charge in [0.15, 0.2) is 5.75 Å². The molecule has 9 heteroatoms. The van der Waals surface area contributed by atoms with Gasteiger partial charge in [-0.1, -0.05) is 49.6 Å². The molecule has 188 valence electrons. The molecular weight excluding hydrogens is 478 g/mol. The van der Waals surface area contributed by atoms with Crippen LogP contribution in [0.3, 0.4) is 0 Å². The number of carbonyl (C=O) groups excluding carboxylic acids is 2. The summed E-state index contributed by atoms with van der Waals surface area (Å²) in [6, 6.07) is 21.5. The monoisotopic (exact) mass is 507 g/mol. The zero-order valence-corrected chi connectivity index (χ0v) is 20.6. The molecule has 3 N–H and O–H groups in total. The number of sulfonamides is 1. The lowest BCUT2D eigenvalue weighted by molar-refractivity contribution is -0.121. The summed E-state index contributed by atoms with van der Waals surface area (Å²) in [4.78, 5) is 24.6. The minimum Gasteiger partial charge on any atom is -0.455 e. The number of ether oxygens (including phenoxy) is 1. The Morgan fingerprint density at radius 3 is 2.22 bits per heavy atom. The summed E-state index contributed by atoms with van der Waals surface area (Å²) in [6.45, 7) is -0.130. The van der Waals surface area contributed by atoms with Gasteiger partial charge in [-0.05, 0) is 61.4 Å². The first kappa shape index (κ1) is 25.2. The summed E-state index contributed by atoms with van der Waals surface area (Å²) in [5, 5.41) is 5.53. The van der Waals surface area contributed by atoms with Crippen molar-refractivity contribution < 1.29 is 22.7 Å². The highest BCUT2D eigenvalue weighted by atomic mass is 32.2. The number of rotatable bonds is 9. The molecule has 4 rings (SSSR count). The Labute approximate surface area is 211 Å². The van der Waals surface area contributed by atoms with Gasteiger partial charge in [-0.15, -0.1) is 0 Å². The SMILES string of the molecule is O=C(CNC(=O)c1ccc(S(=O)(=O)Nc2ccccc2Oc2ccccc2)cc1)NC1CCCCC1. The molecule has 0 atom stereocenters. The molecule has 1 aliphatic carbocycles. The average molecular weight is 508 g/mol. The first-order valence-corrected chi connectivity index (χ1v) is 13.4. The van der Waals surface area contributed by atoms with Crippen LogP contribution in [0, 0.1) is 0 Å². The van der Waals surface area contributed by atoms with E-state index in [1.807, 2.05) is 18.2 Å². The van der Waals surface area contributed by atoms with E-state index in [4.69, 9.17) is 4.74 Å². The largest absolute Gasteiger partial charge is 0.455 e. The van der Waals surface area contributed by atoms with E-state index < -0.39 is 15.9 Å². The smallest absolute Gasteiger partial charge is 0.262 e. The zero-order valence-electron chi connectivity index (χ0n) is 19.8. The van der Waals surface area contributed by atoms with Crippen LogP contribution >= 0.6 is 0 Å². The molecule has 0 aliphatic heterocycles. The predicted molar refractivity (Wildman–Crippen MR) is 138 cm³/mol. The lowest BCUT2D eigenvalue weighted by Crippen LogP contribution is -2.42. The second-order valence-electron chi connectivity index (χ2n) is 8.63. The lowest BCUT2D eigenvalue weighted by atomic mass is 9.95. The molecule has 36 heavy (non-hydrogen) atoms. The maximum absolute atomic E-state index is 13.0. The number of benzene rings is 3. The molecule has 1 saturated carbocycles. The highest BCUT2D eigenvalue weighted by Gasteiger charge is 2.19. The van der Waals surface area contributed by atoms with Crippen LogP contribution in [0.5, 0.6) is 11.5 Å². The first-order valence-electron chi connectivity index (χ1n) is 11.9. The summed E-state index contributed by atoms with van der Waals surface area (Å²) in [5.74, 6) is 0.254. The summed E-state index contributed by atoms with van der Waals surface area (Å²) in [7, 11) is -3.94. The minimum atomic E-state index is -3.94. The highest BCUT2D eigenvalue weighted by Crippen LogP contribution is 2.31. The van der Waals surface area contributed by atoms with Crippen molar-refractivity contribution in [2.24, 2.45) is 0 Å². The average Bonchev–Trinajstić information content (AvgIpc) is 2.89. The lowest BCUT2D eigenvalue weighted by Gasteiger charge is -2.22. The van der Waals surface area contributed by atoms with Gasteiger partial charge < -0.3 is 15.4 Å². The van der Waals surface area contributed by atoms with Gasteiger partial charge in [-0.2, -0.15) is 0 Å². The van der Waals surface area contributed by atoms with Gasteiger partial charge in [-0.3, -0.25) is 14.3 Å². The number of para-hydroxylation sites is 3. The molecule has 0 radical (unpaired) electrons. The van der Waals surface area contributed by atoms with Gasteiger partial charge in [-0.25, -0.2) is 8.42 Å². The van der Waals surface area contributed by atoms with Gasteiger partial charge in [0.05, 0.1) is 17.1 Å². The third-order valence-corrected chi connectivity index (χ3v) is 7.29. The van der Waals surface area contributed by atoms with Crippen LogP contribution in [0.15, 0.2) is 83.8 Å². The van der Waals surface area contributed by atoms with Crippen molar-refractivity contribution in [2.45, 2.75) is 43.0 Å². The zero-order chi connectivity index (χ0) is 25.4. The molecule has 0 saturated heterocycles. The van der Waals surface area contributed by atoms with Crippen LogP contribution in [0.25, 0.3) is 0 Å². The van der Waals surface area contributed by atoms with Crippen molar-refractivity contribution in [3.63, 3.8) is 0 Å². The normalized spacial score (nSPS) is 14.0. The Balaban J connectivity index is 1.36. The summed E-state index contributed by atoms with van der Waals surface area (Å²) >= 11 is 0. The van der Waals surface area contributed by atoms with Crippen molar-refractivity contribution >= 4 is 27.5 Å². The van der Waals surface area contributed by atoms with E-state index in [1.165, 1.54) is 30.7 Å². The molecule has 8 nitrogen and oxygen atoms in total. The number of carbonyl (C=O) groups is 2. The Hall–Kier alpha value is -3.85. The second-order valence-corrected chi connectivity index (χ2v) is 10.3. The quantitative estimate of drug-likeness (QED) is 0.396. The molecule has 0 spiro atoms. The van der Waals surface area contributed by atoms with E-state index in [1.54, 1.807) is 36.4 Å². The third-order valence-electron chi connectivity index (χ3n) is 5.91. The summed E-state index contributed by atoms with van der Waals surface area (Å²) in [5.41, 5.74) is 0.541. The van der Waals surface area contributed by atoms with Crippen LogP contribution in [0.4, 0.5) is 5.69 Å². The highest BCUT2D eigenvalue weighted by molar-refractivity contribution is 7.92. The van der Waals surface area contributed by atoms with E-state index in [0.717, 1.165) is 25.7 Å². The molecule has 1 aliphatic rings. The van der Waals surface area contributed by atoms with Crippen LogP contribution in [-0.4, -0.2) is 32.8 Å². The van der Waals surface area contributed by atoms with Gasteiger partial charge in [0.2, 0.25) is 5.91 Å². The maximum Gasteiger partial charge on any atom is 0.262 e. The van der Waals surface area contributed by atoms with Gasteiger partial charge in [0.25, 0.3) is 15.9 Å². The molecule has 1 fully saturated rings. The van der Waals surface area contributed by atoms with E-state index in [0.29, 0.717) is 11.5 Å². The third kappa shape index (κ3) is 6.85. The first-order chi connectivity index (χ1) is 17.4. The number of amides is 2. The molecule has 0 bridgehead atoms. The fourth-order valence-electron chi connectivity index (χ4n) is 4.03. The summed E-state index contributed by atoms with van der Waals surface area (Å²) < 4.78 is 34.3. The molecule has 0 unspecified atom stereocenters. The molecule has 0 aromatic heterocycles. The number of nitrogens with one attached hydrogen (secondary N) is 3. The van der Waals surface area contributed by atoms with Crippen LogP contribution in [0.2, 0.25) is 0 Å². The maximum atomic E-state index is 13.0. The Morgan fingerprint density at radius 2 is 1.50 bits per heavy atom. The Morgan fingerprint density at radius 1 is 0.833 bits per heavy atom. The number of hydrogen-bond acceptors (Lipinski definition) is 5. The fourth-order valence-corrected chi connectivity index (χ4v) is 5.10. The predicted octanol–water partition coefficient (Wildman–Crippen LogP) is 4.46. The fraction of sp³-hybridized carbons (Fsp3) is 0.259. The number of anilines is 1. The summed E-state index contributed by atoms with van der Waals surface area (Å²) in [6.07, 6.45) is 5.33. The van der Waals surface area contributed by atoms with Gasteiger partial charge >= 0.3 is 0 Å². The van der Waals surface area contributed by atoms with E-state index >= 15 is 0 Å². The van der Waals surface area contributed by atoms with Crippen LogP contribution in [-0.2, 0) is 14.8 Å². The minimum absolute atomic E-state index is 0.0106. The topological polar surface area (TPSA) is 114 Å². The standard InChI is InChI=1S/C27H29N3O5S/c31-26(29-21-9-3-1-4-10-21)19-28-27(32)20-15-17-23(18-16-20)36(33,34)30-24-13-7-8-14-25(24)35-22-11-5-2-6-12-22/h2,5-8,11-18,21,30H,1,3-4,9-10,19H2,(H,28,32)(H,29,31). The van der Waals surface area contributed by atoms with Crippen LogP contribution < -0.4 is 20.1 Å². The molecular formula is C27H29N3O5S. The molecule has 0 heterocycles. The molecule has 2 amide bonds. The van der Waals surface area contributed by atoms with Crippen molar-refractivity contribution in [1.29, 1.82) is 0 Å². The van der Waals surface area contributed by atoms with Crippen molar-refractivity contribution in [3.8, 4) is 11.5 Å². The Bertz CT molecular complexity index is 1290. The van der Waals surface area contributed by atoms with Gasteiger partial charge in [0, 0.05) is 11.6 Å². The van der Waals surface area contributed by atoms with E-state index in [9.17, 15) is 18.0 Å².